The van der Waals surface area contributed by atoms with E-state index in [0.29, 0.717) is 5.56 Å². The molecule has 0 bridgehead atoms. The van der Waals surface area contributed by atoms with E-state index in [-0.39, 0.29) is 34.2 Å². The van der Waals surface area contributed by atoms with Gasteiger partial charge < -0.3 is 26.0 Å². The maximum absolute atomic E-state index is 12.2. The fourth-order valence-corrected chi connectivity index (χ4v) is 1.98. The SMILES string of the molecule is C=C(O)c1ccc(C(=O)Nc2cc(O)c(NC(C)=O)cc2O)cc1. The Labute approximate surface area is 137 Å². The van der Waals surface area contributed by atoms with Crippen molar-refractivity contribution >= 4 is 28.9 Å². The zero-order valence-electron chi connectivity index (χ0n) is 12.8. The van der Waals surface area contributed by atoms with Crippen molar-refractivity contribution in [3.63, 3.8) is 0 Å². The van der Waals surface area contributed by atoms with Gasteiger partial charge in [-0.3, -0.25) is 9.59 Å². The van der Waals surface area contributed by atoms with Crippen molar-refractivity contribution in [3.05, 3.63) is 54.1 Å². The number of hydrogen-bond donors (Lipinski definition) is 5. The van der Waals surface area contributed by atoms with Crippen molar-refractivity contribution in [3.8, 4) is 11.5 Å². The molecule has 0 saturated heterocycles. The molecule has 0 aromatic heterocycles. The van der Waals surface area contributed by atoms with Crippen molar-refractivity contribution < 1.29 is 24.9 Å². The summed E-state index contributed by atoms with van der Waals surface area (Å²) < 4.78 is 0. The Bertz CT molecular complexity index is 812. The van der Waals surface area contributed by atoms with Crippen LogP contribution >= 0.6 is 0 Å². The zero-order valence-corrected chi connectivity index (χ0v) is 12.8. The van der Waals surface area contributed by atoms with Gasteiger partial charge in [-0.25, -0.2) is 0 Å². The predicted octanol–water partition coefficient (Wildman–Crippen LogP) is 2.84. The summed E-state index contributed by atoms with van der Waals surface area (Å²) in [6, 6.07) is 8.26. The van der Waals surface area contributed by atoms with Crippen molar-refractivity contribution in [2.45, 2.75) is 6.92 Å². The van der Waals surface area contributed by atoms with Gasteiger partial charge in [-0.15, -0.1) is 0 Å². The van der Waals surface area contributed by atoms with E-state index in [1.807, 2.05) is 0 Å². The number of nitrogens with one attached hydrogen (secondary N) is 2. The Morgan fingerprint density at radius 2 is 1.38 bits per heavy atom. The number of benzene rings is 2. The van der Waals surface area contributed by atoms with Crippen LogP contribution in [0.15, 0.2) is 43.0 Å². The minimum absolute atomic E-state index is 0.0118. The van der Waals surface area contributed by atoms with Crippen LogP contribution in [0.4, 0.5) is 11.4 Å². The zero-order chi connectivity index (χ0) is 17.9. The summed E-state index contributed by atoms with van der Waals surface area (Å²) in [5, 5.41) is 33.8. The Kier molecular flexibility index (Phi) is 4.74. The van der Waals surface area contributed by atoms with Gasteiger partial charge in [0.05, 0.1) is 11.4 Å². The van der Waals surface area contributed by atoms with Gasteiger partial charge in [0, 0.05) is 30.2 Å². The lowest BCUT2D eigenvalue weighted by atomic mass is 10.1. The number of anilines is 2. The molecular weight excluding hydrogens is 312 g/mol. The maximum Gasteiger partial charge on any atom is 0.255 e. The predicted molar refractivity (Wildman–Crippen MR) is 90.1 cm³/mol. The van der Waals surface area contributed by atoms with E-state index in [9.17, 15) is 24.9 Å². The second-order valence-corrected chi connectivity index (χ2v) is 5.05. The first kappa shape index (κ1) is 16.9. The van der Waals surface area contributed by atoms with Gasteiger partial charge in [0.1, 0.15) is 17.3 Å². The van der Waals surface area contributed by atoms with Gasteiger partial charge in [0.25, 0.3) is 5.91 Å². The number of rotatable bonds is 4. The summed E-state index contributed by atoms with van der Waals surface area (Å²) >= 11 is 0. The number of phenols is 2. The average molecular weight is 328 g/mol. The molecule has 0 atom stereocenters. The molecule has 2 amide bonds. The number of phenolic OH excluding ortho intramolecular Hbond substituents is 2. The lowest BCUT2D eigenvalue weighted by Crippen LogP contribution is -2.12. The molecule has 7 nitrogen and oxygen atoms in total. The number of hydrogen-bond acceptors (Lipinski definition) is 5. The summed E-state index contributed by atoms with van der Waals surface area (Å²) in [6.07, 6.45) is 0. The molecule has 0 unspecified atom stereocenters. The topological polar surface area (TPSA) is 119 Å². The molecule has 0 aliphatic carbocycles. The Balaban J connectivity index is 2.21. The van der Waals surface area contributed by atoms with Crippen LogP contribution in [-0.4, -0.2) is 27.1 Å². The number of amides is 2. The van der Waals surface area contributed by atoms with E-state index in [0.717, 1.165) is 12.1 Å². The summed E-state index contributed by atoms with van der Waals surface area (Å²) in [4.78, 5) is 23.2. The third-order valence-electron chi connectivity index (χ3n) is 3.15. The molecule has 0 saturated carbocycles. The first-order chi connectivity index (χ1) is 11.3. The third-order valence-corrected chi connectivity index (χ3v) is 3.15. The Morgan fingerprint density at radius 1 is 0.917 bits per heavy atom. The van der Waals surface area contributed by atoms with Gasteiger partial charge in [-0.1, -0.05) is 18.7 Å². The monoisotopic (exact) mass is 328 g/mol. The van der Waals surface area contributed by atoms with E-state index >= 15 is 0 Å². The van der Waals surface area contributed by atoms with Crippen molar-refractivity contribution in [1.82, 2.24) is 0 Å². The van der Waals surface area contributed by atoms with Crippen LogP contribution in [0.1, 0.15) is 22.8 Å². The quantitative estimate of drug-likeness (QED) is 0.336. The molecule has 0 radical (unpaired) electrons. The van der Waals surface area contributed by atoms with Gasteiger partial charge >= 0.3 is 0 Å². The molecule has 0 aliphatic rings. The first-order valence-electron chi connectivity index (χ1n) is 6.91. The number of aliphatic hydroxyl groups excluding tert-OH is 1. The summed E-state index contributed by atoms with van der Waals surface area (Å²) in [5.41, 5.74) is 0.780. The molecule has 2 rings (SSSR count). The molecule has 124 valence electrons. The molecule has 2 aromatic rings. The summed E-state index contributed by atoms with van der Waals surface area (Å²) in [7, 11) is 0. The van der Waals surface area contributed by atoms with E-state index < -0.39 is 11.8 Å². The van der Waals surface area contributed by atoms with E-state index in [2.05, 4.69) is 17.2 Å². The highest BCUT2D eigenvalue weighted by atomic mass is 16.3. The summed E-state index contributed by atoms with van der Waals surface area (Å²) in [6.45, 7) is 4.64. The molecular formula is C17H16N2O5. The molecule has 0 heterocycles. The normalized spacial score (nSPS) is 10.0. The lowest BCUT2D eigenvalue weighted by Gasteiger charge is -2.11. The van der Waals surface area contributed by atoms with Crippen LogP contribution in [-0.2, 0) is 4.79 Å². The van der Waals surface area contributed by atoms with E-state index in [4.69, 9.17) is 0 Å². The largest absolute Gasteiger partial charge is 0.508 e. The van der Waals surface area contributed by atoms with Crippen LogP contribution < -0.4 is 10.6 Å². The fraction of sp³-hybridized carbons (Fsp3) is 0.0588. The molecule has 24 heavy (non-hydrogen) atoms. The van der Waals surface area contributed by atoms with Gasteiger partial charge in [0.15, 0.2) is 0 Å². The standard InChI is InChI=1S/C17H16N2O5/c1-9(20)11-3-5-12(6-4-11)17(24)19-14-8-15(22)13(7-16(14)23)18-10(2)21/h3-8,20,22-23H,1H2,2H3,(H,18,21)(H,19,24). The second kappa shape index (κ2) is 6.74. The van der Waals surface area contributed by atoms with Crippen LogP contribution in [0.5, 0.6) is 11.5 Å². The van der Waals surface area contributed by atoms with E-state index in [1.54, 1.807) is 0 Å². The molecule has 0 aliphatic heterocycles. The average Bonchev–Trinajstić information content (AvgIpc) is 2.51. The maximum atomic E-state index is 12.2. The van der Waals surface area contributed by atoms with E-state index in [1.165, 1.54) is 31.2 Å². The minimum atomic E-state index is -0.521. The molecule has 2 aromatic carbocycles. The van der Waals surface area contributed by atoms with Crippen LogP contribution in [0.3, 0.4) is 0 Å². The van der Waals surface area contributed by atoms with Crippen LogP contribution in [0, 0.1) is 0 Å². The summed E-state index contributed by atoms with van der Waals surface area (Å²) in [5.74, 6) is -1.66. The Hall–Kier alpha value is -3.48. The lowest BCUT2D eigenvalue weighted by molar-refractivity contribution is -0.114. The third kappa shape index (κ3) is 3.83. The van der Waals surface area contributed by atoms with Gasteiger partial charge in [-0.05, 0) is 12.1 Å². The van der Waals surface area contributed by atoms with Crippen molar-refractivity contribution in [2.24, 2.45) is 0 Å². The van der Waals surface area contributed by atoms with Crippen molar-refractivity contribution in [1.29, 1.82) is 0 Å². The smallest absolute Gasteiger partial charge is 0.255 e. The highest BCUT2D eigenvalue weighted by molar-refractivity contribution is 6.05. The number of aromatic hydroxyl groups is 2. The Morgan fingerprint density at radius 3 is 1.83 bits per heavy atom. The number of carbonyl (C=O) groups excluding carboxylic acids is 2. The van der Waals surface area contributed by atoms with Crippen LogP contribution in [0.2, 0.25) is 0 Å². The molecule has 0 fully saturated rings. The fourth-order valence-electron chi connectivity index (χ4n) is 1.98. The number of aliphatic hydroxyl groups is 1. The van der Waals surface area contributed by atoms with Gasteiger partial charge in [-0.2, -0.15) is 0 Å². The highest BCUT2D eigenvalue weighted by Crippen LogP contribution is 2.35. The van der Waals surface area contributed by atoms with Gasteiger partial charge in [0.2, 0.25) is 5.91 Å². The highest BCUT2D eigenvalue weighted by Gasteiger charge is 2.13. The molecule has 7 heteroatoms. The molecule has 5 N–H and O–H groups in total. The second-order valence-electron chi connectivity index (χ2n) is 5.05. The first-order valence-corrected chi connectivity index (χ1v) is 6.91. The minimum Gasteiger partial charge on any atom is -0.508 e. The van der Waals surface area contributed by atoms with Crippen molar-refractivity contribution in [2.75, 3.05) is 10.6 Å². The number of carbonyl (C=O) groups is 2. The van der Waals surface area contributed by atoms with Crippen LogP contribution in [0.25, 0.3) is 5.76 Å². The molecule has 0 spiro atoms.